The fraction of sp³-hybridized carbons (Fsp3) is 0.121. The van der Waals surface area contributed by atoms with Gasteiger partial charge in [-0.3, -0.25) is 14.4 Å². The molecule has 10 aromatic rings. The minimum Gasteiger partial charge on any atom is -0.308 e. The minimum absolute atomic E-state index is 0.0280. The Morgan fingerprint density at radius 3 is 1.32 bits per heavy atom. The fourth-order valence-electron chi connectivity index (χ4n) is 13.3. The van der Waals surface area contributed by atoms with Crippen molar-refractivity contribution in [2.75, 3.05) is 0 Å². The molecule has 0 unspecified atom stereocenters. The second kappa shape index (κ2) is 10.9. The molecular weight excluding hydrogens is 759 g/mol. The monoisotopic (exact) mass is 793 g/mol. The van der Waals surface area contributed by atoms with Crippen LogP contribution in [0, 0.1) is 0 Å². The maximum Gasteiger partial charge on any atom is 0.193 e. The number of rotatable bonds is 0. The highest BCUT2D eigenvalue weighted by Crippen LogP contribution is 2.57. The molecule has 290 valence electrons. The Morgan fingerprint density at radius 2 is 0.823 bits per heavy atom. The number of ketones is 3. The van der Waals surface area contributed by atoms with Gasteiger partial charge in [0, 0.05) is 61.0 Å². The Hall–Kier alpha value is -7.43. The number of benzene rings is 8. The number of aromatic nitrogens is 1. The predicted octanol–water partition coefficient (Wildman–Crippen LogP) is 12.4. The molecule has 62 heavy (non-hydrogen) atoms. The van der Waals surface area contributed by atoms with Gasteiger partial charge in [0.25, 0.3) is 0 Å². The molecule has 0 spiro atoms. The smallest absolute Gasteiger partial charge is 0.193 e. The van der Waals surface area contributed by atoms with Crippen LogP contribution in [0.15, 0.2) is 152 Å². The molecule has 8 aromatic carbocycles. The molecule has 4 nitrogen and oxygen atoms in total. The fourth-order valence-corrected chi connectivity index (χ4v) is 13.3. The summed E-state index contributed by atoms with van der Waals surface area (Å²) in [5.74, 6) is -0.812. The second-order valence-corrected chi connectivity index (χ2v) is 18.8. The summed E-state index contributed by atoms with van der Waals surface area (Å²) in [6.45, 7) is 4.50. The highest BCUT2D eigenvalue weighted by Gasteiger charge is 2.46. The summed E-state index contributed by atoms with van der Waals surface area (Å²) in [5.41, 5.74) is 18.3. The second-order valence-electron chi connectivity index (χ2n) is 18.8. The normalized spacial score (nSPS) is 20.6. The third-order valence-electron chi connectivity index (χ3n) is 15.8. The van der Waals surface area contributed by atoms with Gasteiger partial charge in [0.2, 0.25) is 0 Å². The van der Waals surface area contributed by atoms with Gasteiger partial charge in [0.15, 0.2) is 17.3 Å². The van der Waals surface area contributed by atoms with E-state index >= 15 is 9.59 Å². The van der Waals surface area contributed by atoms with Crippen molar-refractivity contribution in [2.24, 2.45) is 0 Å². The standard InChI is InChI=1S/C58H35NO3/c1-58(2)45-22-12-11-21-36(45)55(60)44-25-40-37-23-38-41(56(61)50-32-17-7-3-13-28(32)48(38)29-14-4-8-18-33(29)50)26-46(37)59-47-27-42-39(24-43(47)52(53(44)58)54(40)59)49-30-15-5-9-19-34(30)51(57(42)62)35-20-10-6-16-31(35)49/h3-27,48-51H,1-2H3. The topological polar surface area (TPSA) is 55.6 Å². The number of carbonyl (C=O) groups is 3. The quantitative estimate of drug-likeness (QED) is 0.154. The van der Waals surface area contributed by atoms with E-state index < -0.39 is 17.3 Å². The van der Waals surface area contributed by atoms with Crippen LogP contribution in [0.3, 0.4) is 0 Å². The van der Waals surface area contributed by atoms with E-state index in [1.807, 2.05) is 30.3 Å². The predicted molar refractivity (Wildman–Crippen MR) is 243 cm³/mol. The van der Waals surface area contributed by atoms with Gasteiger partial charge in [-0.25, -0.2) is 0 Å². The number of Topliss-reactive ketones (excluding diaryl/α,β-unsaturated/α-hetero) is 2. The highest BCUT2D eigenvalue weighted by molar-refractivity contribution is 6.30. The molecular formula is C58H35NO3. The minimum atomic E-state index is -0.522. The van der Waals surface area contributed by atoms with E-state index in [1.54, 1.807) is 0 Å². The Labute approximate surface area is 356 Å². The molecule has 4 bridgehead atoms. The van der Waals surface area contributed by atoms with Crippen LogP contribution < -0.4 is 0 Å². The number of hydrogen-bond acceptors (Lipinski definition) is 3. The van der Waals surface area contributed by atoms with Gasteiger partial charge in [-0.1, -0.05) is 135 Å². The molecule has 4 heteroatoms. The van der Waals surface area contributed by atoms with Crippen molar-refractivity contribution in [3.63, 3.8) is 0 Å². The molecule has 0 fully saturated rings. The summed E-state index contributed by atoms with van der Waals surface area (Å²) in [6.07, 6.45) is 0. The first kappa shape index (κ1) is 33.3. The van der Waals surface area contributed by atoms with Crippen molar-refractivity contribution >= 4 is 55.4 Å². The molecule has 0 aliphatic heterocycles. The Morgan fingerprint density at radius 1 is 0.403 bits per heavy atom. The number of hydrogen-bond donors (Lipinski definition) is 0. The van der Waals surface area contributed by atoms with Gasteiger partial charge < -0.3 is 4.40 Å². The largest absolute Gasteiger partial charge is 0.308 e. The lowest BCUT2D eigenvalue weighted by molar-refractivity contribution is 0.0966. The van der Waals surface area contributed by atoms with E-state index in [4.69, 9.17) is 0 Å². The number of carbonyl (C=O) groups excluding carboxylic acids is 3. The molecule has 0 amide bonds. The van der Waals surface area contributed by atoms with E-state index in [0.717, 1.165) is 99.3 Å². The Balaban J connectivity index is 1.12. The first-order valence-electron chi connectivity index (χ1n) is 21.8. The lowest BCUT2D eigenvalue weighted by atomic mass is 9.67. The SMILES string of the molecule is CC1(C)c2ccccc2C(=O)c2cc3c4cc5c(cc4n4c6cc7c(cc6c(c21)c34)C1c2ccccc2C(C7=O)c2ccccc21)C(=O)C1c2ccccc2C5c2ccccc21. The van der Waals surface area contributed by atoms with Crippen LogP contribution >= 0.6 is 0 Å². The van der Waals surface area contributed by atoms with Crippen molar-refractivity contribution in [1.82, 2.24) is 4.40 Å². The van der Waals surface area contributed by atoms with Crippen LogP contribution in [0.5, 0.6) is 0 Å². The van der Waals surface area contributed by atoms with Crippen LogP contribution in [0.1, 0.15) is 141 Å². The van der Waals surface area contributed by atoms with Gasteiger partial charge >= 0.3 is 0 Å². The summed E-state index contributed by atoms with van der Waals surface area (Å²) in [4.78, 5) is 45.6. The average Bonchev–Trinajstić information content (AvgIpc) is 3.66. The molecule has 0 saturated heterocycles. The number of nitrogens with zero attached hydrogens (tertiary/aromatic N) is 1. The zero-order valence-corrected chi connectivity index (χ0v) is 33.9. The Kier molecular flexibility index (Phi) is 5.85. The molecule has 17 rings (SSSR count). The lowest BCUT2D eigenvalue weighted by Crippen LogP contribution is -2.30. The third kappa shape index (κ3) is 3.66. The van der Waals surface area contributed by atoms with Crippen molar-refractivity contribution in [1.29, 1.82) is 0 Å². The van der Waals surface area contributed by atoms with Gasteiger partial charge in [0.05, 0.1) is 28.4 Å². The molecule has 0 radical (unpaired) electrons. The van der Waals surface area contributed by atoms with E-state index in [9.17, 15) is 4.79 Å². The molecule has 2 heterocycles. The number of fused-ring (bicyclic) bond motifs is 9. The van der Waals surface area contributed by atoms with E-state index in [-0.39, 0.29) is 29.2 Å². The van der Waals surface area contributed by atoms with Gasteiger partial charge in [-0.2, -0.15) is 0 Å². The van der Waals surface area contributed by atoms with Crippen LogP contribution in [0.4, 0.5) is 0 Å². The van der Waals surface area contributed by atoms with Crippen molar-refractivity contribution in [3.05, 3.63) is 241 Å². The summed E-state index contributed by atoms with van der Waals surface area (Å²) in [6, 6.07) is 52.9. The van der Waals surface area contributed by atoms with E-state index in [0.29, 0.717) is 5.56 Å². The van der Waals surface area contributed by atoms with Crippen LogP contribution in [-0.4, -0.2) is 21.8 Å². The highest BCUT2D eigenvalue weighted by atomic mass is 16.1. The maximum atomic E-state index is 15.3. The molecule has 0 N–H and O–H groups in total. The van der Waals surface area contributed by atoms with Crippen molar-refractivity contribution in [2.45, 2.75) is 42.9 Å². The van der Waals surface area contributed by atoms with Gasteiger partial charge in [0.1, 0.15) is 0 Å². The summed E-state index contributed by atoms with van der Waals surface area (Å²) < 4.78 is 2.33. The zero-order valence-electron chi connectivity index (χ0n) is 33.9. The molecule has 2 aromatic heterocycles. The summed E-state index contributed by atoms with van der Waals surface area (Å²) in [5, 5.41) is 4.07. The first-order valence-corrected chi connectivity index (χ1v) is 21.8. The average molecular weight is 794 g/mol. The van der Waals surface area contributed by atoms with Crippen molar-refractivity contribution < 1.29 is 14.4 Å². The molecule has 7 aliphatic rings. The zero-order chi connectivity index (χ0) is 41.1. The lowest BCUT2D eigenvalue weighted by Gasteiger charge is -2.35. The first-order chi connectivity index (χ1) is 30.3. The van der Waals surface area contributed by atoms with Gasteiger partial charge in [-0.05, 0) is 97.1 Å². The van der Waals surface area contributed by atoms with E-state index in [1.165, 1.54) is 22.3 Å². The summed E-state index contributed by atoms with van der Waals surface area (Å²) in [7, 11) is 0. The Bertz CT molecular complexity index is 3730. The van der Waals surface area contributed by atoms with Gasteiger partial charge in [-0.15, -0.1) is 0 Å². The third-order valence-corrected chi connectivity index (χ3v) is 15.8. The summed E-state index contributed by atoms with van der Waals surface area (Å²) >= 11 is 0. The maximum absolute atomic E-state index is 15.3. The van der Waals surface area contributed by atoms with Crippen LogP contribution in [0.2, 0.25) is 0 Å². The molecule has 7 aliphatic carbocycles. The van der Waals surface area contributed by atoms with Crippen LogP contribution in [0.25, 0.3) is 38.1 Å². The van der Waals surface area contributed by atoms with Crippen LogP contribution in [-0.2, 0) is 5.41 Å². The molecule has 0 atom stereocenters. The van der Waals surface area contributed by atoms with Crippen molar-refractivity contribution in [3.8, 4) is 0 Å². The van der Waals surface area contributed by atoms with E-state index in [2.05, 4.69) is 140 Å². The molecule has 0 saturated carbocycles.